The largest absolute Gasteiger partial charge is 0.378 e. The summed E-state index contributed by atoms with van der Waals surface area (Å²) >= 11 is 1.68. The van der Waals surface area contributed by atoms with Gasteiger partial charge in [0.15, 0.2) is 6.29 Å². The Balaban J connectivity index is 1.93. The number of β-lactam (4-membered cyclic amide) rings is 1. The number of likely N-dealkylation sites (N-methyl/N-ethyl adjacent to an activating group) is 1. The molecule has 3 rings (SSSR count). The molecule has 2 saturated heterocycles. The van der Waals surface area contributed by atoms with Crippen LogP contribution in [0.3, 0.4) is 0 Å². The number of allylic oxidation sites excluding steroid dienone is 1. The van der Waals surface area contributed by atoms with Gasteiger partial charge in [0.1, 0.15) is 5.54 Å². The molecule has 33 heavy (non-hydrogen) atoms. The summed E-state index contributed by atoms with van der Waals surface area (Å²) < 4.78 is 5.81. The fraction of sp³-hybridized carbons (Fsp3) is 0.800. The molecule has 0 aromatic heterocycles. The maximum Gasteiger partial charge on any atom is 0.242 e. The van der Waals surface area contributed by atoms with Gasteiger partial charge in [-0.3, -0.25) is 14.4 Å². The first-order valence-electron chi connectivity index (χ1n) is 12.1. The van der Waals surface area contributed by atoms with Crippen LogP contribution in [0.2, 0.25) is 0 Å². The van der Waals surface area contributed by atoms with Crippen LogP contribution in [0.25, 0.3) is 0 Å². The normalized spacial score (nSPS) is 34.7. The highest BCUT2D eigenvalue weighted by molar-refractivity contribution is 8.03. The van der Waals surface area contributed by atoms with E-state index in [-0.39, 0.29) is 40.4 Å². The zero-order valence-electron chi connectivity index (χ0n) is 21.7. The van der Waals surface area contributed by atoms with E-state index < -0.39 is 11.1 Å². The molecule has 0 aliphatic carbocycles. The van der Waals surface area contributed by atoms with E-state index in [0.717, 1.165) is 24.0 Å². The van der Waals surface area contributed by atoms with E-state index in [0.29, 0.717) is 18.8 Å². The number of fused-ring (bicyclic) bond motifs is 1. The Morgan fingerprint density at radius 1 is 1.33 bits per heavy atom. The molecule has 3 aliphatic rings. The van der Waals surface area contributed by atoms with Crippen molar-refractivity contribution in [3.63, 3.8) is 0 Å². The van der Waals surface area contributed by atoms with Gasteiger partial charge in [0.25, 0.3) is 0 Å². The van der Waals surface area contributed by atoms with Gasteiger partial charge >= 0.3 is 0 Å². The van der Waals surface area contributed by atoms with Crippen molar-refractivity contribution in [2.45, 2.75) is 83.7 Å². The molecular formula is C25H41N3O4S. The van der Waals surface area contributed by atoms with Crippen LogP contribution in [-0.2, 0) is 19.1 Å². The SMILES string of the molecule is CC[C@H]1C(S[C@@H]2CN[C@](C)(C(=O)N(C)CC)C2(C)C)=C(C=O)N2C(=O)[C@H]([C@@](C)(CC)OC)[C@@H]12. The average Bonchev–Trinajstić information content (AvgIpc) is 3.20. The number of aldehydes is 1. The minimum Gasteiger partial charge on any atom is -0.378 e. The molecule has 2 fully saturated rings. The molecule has 8 heteroatoms. The molecule has 1 N–H and O–H groups in total. The number of methoxy groups -OCH3 is 1. The third-order valence-corrected chi connectivity index (χ3v) is 10.8. The Morgan fingerprint density at radius 2 is 1.97 bits per heavy atom. The minimum absolute atomic E-state index is 0.0178. The number of thioether (sulfide) groups is 1. The maximum atomic E-state index is 13.2. The highest BCUT2D eigenvalue weighted by atomic mass is 32.2. The topological polar surface area (TPSA) is 79.0 Å². The third-order valence-electron chi connectivity index (χ3n) is 9.03. The summed E-state index contributed by atoms with van der Waals surface area (Å²) in [6, 6.07) is -0.0492. The number of rotatable bonds is 9. The van der Waals surface area contributed by atoms with Crippen LogP contribution in [-0.4, -0.2) is 77.6 Å². The van der Waals surface area contributed by atoms with E-state index in [2.05, 4.69) is 26.1 Å². The molecular weight excluding hydrogens is 438 g/mol. The van der Waals surface area contributed by atoms with Crippen molar-refractivity contribution < 1.29 is 19.1 Å². The van der Waals surface area contributed by atoms with Crippen molar-refractivity contribution in [1.29, 1.82) is 0 Å². The fourth-order valence-electron chi connectivity index (χ4n) is 5.79. The van der Waals surface area contributed by atoms with Crippen LogP contribution in [0.15, 0.2) is 10.6 Å². The first kappa shape index (κ1) is 26.2. The van der Waals surface area contributed by atoms with E-state index in [1.54, 1.807) is 28.7 Å². The molecule has 6 atom stereocenters. The van der Waals surface area contributed by atoms with Gasteiger partial charge in [-0.15, -0.1) is 11.8 Å². The standard InChI is InChI=1S/C25H41N3O4S/c1-10-15-19-18(24(6,11-2)32-9)21(30)28(19)16(14-29)20(15)33-17-13-26-25(7,23(17,4)5)22(31)27(8)12-3/h14-15,17-19,26H,10-13H2,1-9H3/t15-,17-,18-,19-,24-,25-/m1/s1. The predicted octanol–water partition coefficient (Wildman–Crippen LogP) is 3.05. The third kappa shape index (κ3) is 3.59. The summed E-state index contributed by atoms with van der Waals surface area (Å²) in [6.07, 6.45) is 2.41. The number of ether oxygens (including phenoxy) is 1. The quantitative estimate of drug-likeness (QED) is 0.405. The van der Waals surface area contributed by atoms with Gasteiger partial charge in [-0.2, -0.15) is 0 Å². The van der Waals surface area contributed by atoms with Crippen LogP contribution < -0.4 is 5.32 Å². The number of carbonyl (C=O) groups is 3. The lowest BCUT2D eigenvalue weighted by molar-refractivity contribution is -0.176. The van der Waals surface area contributed by atoms with Crippen LogP contribution in [0.5, 0.6) is 0 Å². The number of amides is 2. The van der Waals surface area contributed by atoms with Gasteiger partial charge in [0, 0.05) is 48.7 Å². The van der Waals surface area contributed by atoms with Crippen molar-refractivity contribution in [3.05, 3.63) is 10.6 Å². The van der Waals surface area contributed by atoms with Crippen LogP contribution in [0, 0.1) is 17.3 Å². The van der Waals surface area contributed by atoms with Crippen LogP contribution in [0.1, 0.15) is 61.3 Å². The van der Waals surface area contributed by atoms with Crippen molar-refractivity contribution in [2.24, 2.45) is 17.3 Å². The highest BCUT2D eigenvalue weighted by Crippen LogP contribution is 2.57. The summed E-state index contributed by atoms with van der Waals surface area (Å²) in [5, 5.41) is 3.59. The van der Waals surface area contributed by atoms with Crippen LogP contribution >= 0.6 is 11.8 Å². The molecule has 0 aromatic carbocycles. The van der Waals surface area contributed by atoms with Gasteiger partial charge < -0.3 is 19.9 Å². The lowest BCUT2D eigenvalue weighted by atomic mass is 9.70. The van der Waals surface area contributed by atoms with Crippen molar-refractivity contribution in [2.75, 3.05) is 27.2 Å². The fourth-order valence-corrected chi connectivity index (χ4v) is 7.54. The molecule has 3 heterocycles. The van der Waals surface area contributed by atoms with Gasteiger partial charge in [-0.1, -0.05) is 27.7 Å². The predicted molar refractivity (Wildman–Crippen MR) is 132 cm³/mol. The summed E-state index contributed by atoms with van der Waals surface area (Å²) in [4.78, 5) is 43.2. The van der Waals surface area contributed by atoms with E-state index in [4.69, 9.17) is 4.74 Å². The molecule has 0 bridgehead atoms. The Hall–Kier alpha value is -1.38. The molecule has 0 aromatic rings. The molecule has 186 valence electrons. The number of nitrogens with zero attached hydrogens (tertiary/aromatic N) is 2. The summed E-state index contributed by atoms with van der Waals surface area (Å²) in [6.45, 7) is 15.7. The Bertz CT molecular complexity index is 853. The number of nitrogens with one attached hydrogen (secondary N) is 1. The maximum absolute atomic E-state index is 13.2. The van der Waals surface area contributed by atoms with Gasteiger partial charge in [0.05, 0.1) is 23.3 Å². The molecule has 0 radical (unpaired) electrons. The van der Waals surface area contributed by atoms with Gasteiger partial charge in [-0.25, -0.2) is 0 Å². The van der Waals surface area contributed by atoms with Gasteiger partial charge in [0.2, 0.25) is 11.8 Å². The number of hydrogen-bond donors (Lipinski definition) is 1. The second-order valence-corrected chi connectivity index (χ2v) is 11.8. The zero-order chi connectivity index (χ0) is 24.9. The molecule has 2 amide bonds. The number of hydrogen-bond acceptors (Lipinski definition) is 6. The average molecular weight is 480 g/mol. The monoisotopic (exact) mass is 479 g/mol. The second-order valence-electron chi connectivity index (χ2n) is 10.6. The van der Waals surface area contributed by atoms with Crippen LogP contribution in [0.4, 0.5) is 0 Å². The Labute approximate surface area is 203 Å². The lowest BCUT2D eigenvalue weighted by Crippen LogP contribution is -2.67. The van der Waals surface area contributed by atoms with Crippen molar-refractivity contribution in [3.8, 4) is 0 Å². The summed E-state index contributed by atoms with van der Waals surface area (Å²) in [7, 11) is 3.50. The van der Waals surface area contributed by atoms with E-state index in [1.165, 1.54) is 0 Å². The zero-order valence-corrected chi connectivity index (χ0v) is 22.5. The Morgan fingerprint density at radius 3 is 2.45 bits per heavy atom. The van der Waals surface area contributed by atoms with E-state index in [1.807, 2.05) is 34.7 Å². The molecule has 3 aliphatic heterocycles. The summed E-state index contributed by atoms with van der Waals surface area (Å²) in [5.74, 6) is -0.101. The molecule has 0 unspecified atom stereocenters. The molecule has 0 saturated carbocycles. The van der Waals surface area contributed by atoms with E-state index in [9.17, 15) is 14.4 Å². The number of carbonyl (C=O) groups excluding carboxylic acids is 3. The first-order chi connectivity index (χ1) is 15.4. The van der Waals surface area contributed by atoms with Crippen molar-refractivity contribution in [1.82, 2.24) is 15.1 Å². The smallest absolute Gasteiger partial charge is 0.242 e. The summed E-state index contributed by atoms with van der Waals surface area (Å²) in [5.41, 5.74) is -1.10. The Kier molecular flexibility index (Phi) is 7.16. The van der Waals surface area contributed by atoms with Crippen molar-refractivity contribution >= 4 is 29.9 Å². The molecule has 0 spiro atoms. The molecule has 7 nitrogen and oxygen atoms in total. The first-order valence-corrected chi connectivity index (χ1v) is 13.0. The lowest BCUT2D eigenvalue weighted by Gasteiger charge is -2.52. The minimum atomic E-state index is -0.702. The van der Waals surface area contributed by atoms with Gasteiger partial charge in [-0.05, 0) is 33.6 Å². The highest BCUT2D eigenvalue weighted by Gasteiger charge is 2.64. The van der Waals surface area contributed by atoms with E-state index >= 15 is 0 Å². The second kappa shape index (κ2) is 9.00.